The van der Waals surface area contributed by atoms with Crippen LogP contribution in [-0.4, -0.2) is 21.0 Å². The SMILES string of the molecule is O=C(O)c1cnc2sc(C3CC3)nc2c1. The number of rotatable bonds is 2. The van der Waals surface area contributed by atoms with Crippen molar-refractivity contribution in [1.82, 2.24) is 9.97 Å². The minimum Gasteiger partial charge on any atom is -0.478 e. The molecule has 1 aliphatic rings. The van der Waals surface area contributed by atoms with Crippen LogP contribution in [0.3, 0.4) is 0 Å². The highest BCUT2D eigenvalue weighted by Crippen LogP contribution is 2.42. The molecule has 3 rings (SSSR count). The maximum Gasteiger partial charge on any atom is 0.337 e. The summed E-state index contributed by atoms with van der Waals surface area (Å²) in [6.45, 7) is 0. The fourth-order valence-corrected chi connectivity index (χ4v) is 2.52. The van der Waals surface area contributed by atoms with E-state index in [1.165, 1.54) is 19.0 Å². The second-order valence-electron chi connectivity index (χ2n) is 3.68. The number of pyridine rings is 1. The Morgan fingerprint density at radius 1 is 1.53 bits per heavy atom. The topological polar surface area (TPSA) is 63.1 Å². The largest absolute Gasteiger partial charge is 0.478 e. The van der Waals surface area contributed by atoms with Gasteiger partial charge < -0.3 is 5.11 Å². The Morgan fingerprint density at radius 3 is 3.00 bits per heavy atom. The van der Waals surface area contributed by atoms with Crippen LogP contribution in [0, 0.1) is 0 Å². The summed E-state index contributed by atoms with van der Waals surface area (Å²) < 4.78 is 0. The number of carboxylic acid groups (broad SMARTS) is 1. The average molecular weight is 220 g/mol. The molecule has 15 heavy (non-hydrogen) atoms. The summed E-state index contributed by atoms with van der Waals surface area (Å²) in [6, 6.07) is 1.59. The van der Waals surface area contributed by atoms with Gasteiger partial charge in [0.1, 0.15) is 10.3 Å². The van der Waals surface area contributed by atoms with Crippen LogP contribution in [0.4, 0.5) is 0 Å². The first-order valence-electron chi connectivity index (χ1n) is 4.74. The molecule has 76 valence electrons. The highest BCUT2D eigenvalue weighted by molar-refractivity contribution is 7.18. The predicted octanol–water partition coefficient (Wildman–Crippen LogP) is 2.27. The van der Waals surface area contributed by atoms with Crippen molar-refractivity contribution in [2.45, 2.75) is 18.8 Å². The molecule has 0 aliphatic heterocycles. The molecule has 0 atom stereocenters. The Morgan fingerprint density at radius 2 is 2.33 bits per heavy atom. The molecule has 1 N–H and O–H groups in total. The van der Waals surface area contributed by atoms with Crippen LogP contribution in [0.25, 0.3) is 10.3 Å². The molecule has 2 aromatic heterocycles. The van der Waals surface area contributed by atoms with Gasteiger partial charge in [0.2, 0.25) is 0 Å². The minimum absolute atomic E-state index is 0.204. The summed E-state index contributed by atoms with van der Waals surface area (Å²) in [4.78, 5) is 20.1. The van der Waals surface area contributed by atoms with Gasteiger partial charge in [0, 0.05) is 12.1 Å². The molecule has 1 aliphatic carbocycles. The first kappa shape index (κ1) is 8.79. The molecule has 2 heterocycles. The highest BCUT2D eigenvalue weighted by Gasteiger charge is 2.27. The number of hydrogen-bond acceptors (Lipinski definition) is 4. The summed E-state index contributed by atoms with van der Waals surface area (Å²) in [5.74, 6) is -0.358. The van der Waals surface area contributed by atoms with Crippen LogP contribution < -0.4 is 0 Å². The summed E-state index contributed by atoms with van der Waals surface area (Å²) in [5.41, 5.74) is 0.914. The van der Waals surface area contributed by atoms with Gasteiger partial charge in [-0.2, -0.15) is 0 Å². The molecule has 0 spiro atoms. The monoisotopic (exact) mass is 220 g/mol. The van der Waals surface area contributed by atoms with Crippen LogP contribution in [0.5, 0.6) is 0 Å². The van der Waals surface area contributed by atoms with E-state index in [4.69, 9.17) is 5.11 Å². The number of carboxylic acids is 1. The van der Waals surface area contributed by atoms with Crippen LogP contribution in [0.2, 0.25) is 0 Å². The Bertz CT molecular complexity index is 545. The van der Waals surface area contributed by atoms with E-state index in [-0.39, 0.29) is 5.56 Å². The molecule has 0 saturated heterocycles. The van der Waals surface area contributed by atoms with E-state index in [9.17, 15) is 4.79 Å². The highest BCUT2D eigenvalue weighted by atomic mass is 32.1. The molecule has 1 fully saturated rings. The van der Waals surface area contributed by atoms with Crippen LogP contribution >= 0.6 is 11.3 Å². The summed E-state index contributed by atoms with van der Waals surface area (Å²) in [7, 11) is 0. The van der Waals surface area contributed by atoms with Crippen molar-refractivity contribution >= 4 is 27.7 Å². The van der Waals surface area contributed by atoms with Crippen LogP contribution in [-0.2, 0) is 0 Å². The van der Waals surface area contributed by atoms with Crippen LogP contribution in [0.15, 0.2) is 12.3 Å². The standard InChI is InChI=1S/C10H8N2O2S/c13-10(14)6-3-7-9(11-4-6)15-8(12-7)5-1-2-5/h3-5H,1-2H2,(H,13,14). The van der Waals surface area contributed by atoms with Crippen molar-refractivity contribution in [2.75, 3.05) is 0 Å². The van der Waals surface area contributed by atoms with E-state index in [1.54, 1.807) is 17.4 Å². The van der Waals surface area contributed by atoms with E-state index < -0.39 is 5.97 Å². The predicted molar refractivity (Wildman–Crippen MR) is 56.3 cm³/mol. The quantitative estimate of drug-likeness (QED) is 0.843. The molecule has 0 unspecified atom stereocenters. The molecule has 0 radical (unpaired) electrons. The van der Waals surface area contributed by atoms with E-state index in [2.05, 4.69) is 9.97 Å². The Balaban J connectivity index is 2.13. The fourth-order valence-electron chi connectivity index (χ4n) is 1.46. The van der Waals surface area contributed by atoms with Gasteiger partial charge in [-0.1, -0.05) is 11.3 Å². The van der Waals surface area contributed by atoms with Crippen molar-refractivity contribution < 1.29 is 9.90 Å². The molecule has 0 bridgehead atoms. The van der Waals surface area contributed by atoms with Gasteiger partial charge in [-0.25, -0.2) is 14.8 Å². The fraction of sp³-hybridized carbons (Fsp3) is 0.300. The van der Waals surface area contributed by atoms with E-state index in [0.29, 0.717) is 11.4 Å². The van der Waals surface area contributed by atoms with E-state index in [0.717, 1.165) is 9.84 Å². The summed E-state index contributed by atoms with van der Waals surface area (Å²) in [5, 5.41) is 9.91. The number of thiazole rings is 1. The summed E-state index contributed by atoms with van der Waals surface area (Å²) in [6.07, 6.45) is 3.79. The van der Waals surface area contributed by atoms with E-state index in [1.807, 2.05) is 0 Å². The number of fused-ring (bicyclic) bond motifs is 1. The lowest BCUT2D eigenvalue weighted by Gasteiger charge is -1.91. The Hall–Kier alpha value is -1.49. The third-order valence-electron chi connectivity index (χ3n) is 2.44. The minimum atomic E-state index is -0.953. The van der Waals surface area contributed by atoms with Gasteiger partial charge in [-0.15, -0.1) is 0 Å². The molecule has 0 amide bonds. The molecular formula is C10H8N2O2S. The van der Waals surface area contributed by atoms with Crippen molar-refractivity contribution in [1.29, 1.82) is 0 Å². The first-order chi connectivity index (χ1) is 7.24. The normalized spacial score (nSPS) is 15.7. The third-order valence-corrected chi connectivity index (χ3v) is 3.58. The zero-order chi connectivity index (χ0) is 10.4. The third kappa shape index (κ3) is 1.48. The van der Waals surface area contributed by atoms with Gasteiger partial charge in [-0.3, -0.25) is 0 Å². The molecular weight excluding hydrogens is 212 g/mol. The van der Waals surface area contributed by atoms with Gasteiger partial charge >= 0.3 is 5.97 Å². The van der Waals surface area contributed by atoms with Gasteiger partial charge in [0.05, 0.1) is 10.6 Å². The number of aromatic nitrogens is 2. The first-order valence-corrected chi connectivity index (χ1v) is 5.55. The van der Waals surface area contributed by atoms with Crippen molar-refractivity contribution in [3.05, 3.63) is 22.8 Å². The van der Waals surface area contributed by atoms with Crippen LogP contribution in [0.1, 0.15) is 34.1 Å². The smallest absolute Gasteiger partial charge is 0.337 e. The number of carbonyl (C=O) groups is 1. The van der Waals surface area contributed by atoms with Crippen molar-refractivity contribution in [3.63, 3.8) is 0 Å². The van der Waals surface area contributed by atoms with Gasteiger partial charge in [-0.05, 0) is 18.9 Å². The van der Waals surface area contributed by atoms with E-state index >= 15 is 0 Å². The lowest BCUT2D eigenvalue weighted by atomic mass is 10.3. The molecule has 5 heteroatoms. The zero-order valence-electron chi connectivity index (χ0n) is 7.80. The molecule has 2 aromatic rings. The van der Waals surface area contributed by atoms with Gasteiger partial charge in [0.15, 0.2) is 0 Å². The average Bonchev–Trinajstić information content (AvgIpc) is 2.97. The lowest BCUT2D eigenvalue weighted by molar-refractivity contribution is 0.0696. The molecule has 4 nitrogen and oxygen atoms in total. The van der Waals surface area contributed by atoms with Gasteiger partial charge in [0.25, 0.3) is 0 Å². The zero-order valence-corrected chi connectivity index (χ0v) is 8.62. The maximum absolute atomic E-state index is 10.7. The molecule has 1 saturated carbocycles. The Labute approximate surface area is 89.6 Å². The second-order valence-corrected chi connectivity index (χ2v) is 4.69. The van der Waals surface area contributed by atoms with Crippen molar-refractivity contribution in [2.24, 2.45) is 0 Å². The molecule has 0 aromatic carbocycles. The number of nitrogens with zero attached hydrogens (tertiary/aromatic N) is 2. The summed E-state index contributed by atoms with van der Waals surface area (Å²) >= 11 is 1.57. The number of aromatic carboxylic acids is 1. The van der Waals surface area contributed by atoms with Crippen molar-refractivity contribution in [3.8, 4) is 0 Å². The maximum atomic E-state index is 10.7. The Kier molecular flexibility index (Phi) is 1.76. The number of hydrogen-bond donors (Lipinski definition) is 1. The second kappa shape index (κ2) is 3.00. The lowest BCUT2D eigenvalue weighted by Crippen LogP contribution is -1.96.